The van der Waals surface area contributed by atoms with Gasteiger partial charge in [0.15, 0.2) is 5.70 Å². The van der Waals surface area contributed by atoms with E-state index >= 15 is 0 Å². The first-order valence-electron chi connectivity index (χ1n) is 8.83. The quantitative estimate of drug-likeness (QED) is 0.378. The smallest absolute Gasteiger partial charge is 0.363 e. The number of nitrogens with zero attached hydrogens (tertiary/aromatic N) is 1. The van der Waals surface area contributed by atoms with E-state index in [1.165, 1.54) is 0 Å². The molecule has 0 amide bonds. The fraction of sp³-hybridized carbons (Fsp3) is 0.0435. The zero-order valence-electron chi connectivity index (χ0n) is 15.1. The van der Waals surface area contributed by atoms with Crippen molar-refractivity contribution in [2.75, 3.05) is 0 Å². The SMILES string of the molecule is O=C1OC(c2ccccc2)=N/C1=C/c1cccc(OCc2ccc(Cl)cc2Cl)c1. The van der Waals surface area contributed by atoms with Crippen molar-refractivity contribution in [2.24, 2.45) is 4.99 Å². The minimum atomic E-state index is -0.483. The highest BCUT2D eigenvalue weighted by molar-refractivity contribution is 6.35. The van der Waals surface area contributed by atoms with Gasteiger partial charge in [0.1, 0.15) is 12.4 Å². The van der Waals surface area contributed by atoms with Crippen LogP contribution in [0.4, 0.5) is 0 Å². The maximum Gasteiger partial charge on any atom is 0.363 e. The van der Waals surface area contributed by atoms with Crippen molar-refractivity contribution >= 4 is 41.1 Å². The lowest BCUT2D eigenvalue weighted by Crippen LogP contribution is -2.04. The second-order valence-electron chi connectivity index (χ2n) is 6.30. The van der Waals surface area contributed by atoms with Crippen LogP contribution in [-0.4, -0.2) is 11.9 Å². The maximum absolute atomic E-state index is 12.2. The van der Waals surface area contributed by atoms with E-state index in [9.17, 15) is 4.79 Å². The molecule has 0 atom stereocenters. The molecular formula is C23H15Cl2NO3. The Bertz CT molecular complexity index is 1120. The van der Waals surface area contributed by atoms with Crippen LogP contribution in [-0.2, 0) is 16.1 Å². The number of carbonyl (C=O) groups is 1. The summed E-state index contributed by atoms with van der Waals surface area (Å²) >= 11 is 12.1. The Morgan fingerprint density at radius 3 is 2.59 bits per heavy atom. The van der Waals surface area contributed by atoms with Crippen molar-refractivity contribution in [3.63, 3.8) is 0 Å². The van der Waals surface area contributed by atoms with Gasteiger partial charge in [0.05, 0.1) is 0 Å². The third kappa shape index (κ3) is 4.67. The van der Waals surface area contributed by atoms with Crippen LogP contribution >= 0.6 is 23.2 Å². The summed E-state index contributed by atoms with van der Waals surface area (Å²) in [6.07, 6.45) is 1.67. The lowest BCUT2D eigenvalue weighted by Gasteiger charge is -2.08. The first-order valence-corrected chi connectivity index (χ1v) is 9.59. The van der Waals surface area contributed by atoms with E-state index in [2.05, 4.69) is 4.99 Å². The fourth-order valence-electron chi connectivity index (χ4n) is 2.77. The zero-order valence-corrected chi connectivity index (χ0v) is 16.7. The molecule has 6 heteroatoms. The maximum atomic E-state index is 12.2. The lowest BCUT2D eigenvalue weighted by atomic mass is 10.2. The molecule has 4 nitrogen and oxygen atoms in total. The van der Waals surface area contributed by atoms with E-state index in [1.807, 2.05) is 60.7 Å². The minimum absolute atomic E-state index is 0.238. The number of carbonyl (C=O) groups excluding carboxylic acids is 1. The number of rotatable bonds is 5. The Labute approximate surface area is 178 Å². The third-order valence-corrected chi connectivity index (χ3v) is 4.80. The molecular weight excluding hydrogens is 409 g/mol. The van der Waals surface area contributed by atoms with Gasteiger partial charge in [-0.05, 0) is 48.0 Å². The molecule has 1 heterocycles. The van der Waals surface area contributed by atoms with Gasteiger partial charge in [0.25, 0.3) is 0 Å². The van der Waals surface area contributed by atoms with Gasteiger partial charge in [0, 0.05) is 21.2 Å². The lowest BCUT2D eigenvalue weighted by molar-refractivity contribution is -0.129. The summed E-state index contributed by atoms with van der Waals surface area (Å²) in [7, 11) is 0. The topological polar surface area (TPSA) is 47.9 Å². The molecule has 3 aromatic carbocycles. The van der Waals surface area contributed by atoms with Gasteiger partial charge < -0.3 is 9.47 Å². The van der Waals surface area contributed by atoms with Gasteiger partial charge >= 0.3 is 5.97 Å². The molecule has 3 aromatic rings. The molecule has 29 heavy (non-hydrogen) atoms. The van der Waals surface area contributed by atoms with Crippen LogP contribution in [0, 0.1) is 0 Å². The Morgan fingerprint density at radius 1 is 0.966 bits per heavy atom. The summed E-state index contributed by atoms with van der Waals surface area (Å²) in [5.74, 6) is 0.457. The normalized spacial score (nSPS) is 14.6. The molecule has 0 spiro atoms. The molecule has 0 saturated carbocycles. The molecule has 0 bridgehead atoms. The van der Waals surface area contributed by atoms with Gasteiger partial charge in [-0.1, -0.05) is 59.6 Å². The molecule has 0 aromatic heterocycles. The number of halogens is 2. The summed E-state index contributed by atoms with van der Waals surface area (Å²) in [6, 6.07) is 21.9. The highest BCUT2D eigenvalue weighted by atomic mass is 35.5. The van der Waals surface area contributed by atoms with Crippen LogP contribution in [0.5, 0.6) is 5.75 Å². The van der Waals surface area contributed by atoms with Gasteiger partial charge in [-0.15, -0.1) is 0 Å². The number of cyclic esters (lactones) is 1. The summed E-state index contributed by atoms with van der Waals surface area (Å²) in [6.45, 7) is 0.300. The van der Waals surface area contributed by atoms with Crippen molar-refractivity contribution in [2.45, 2.75) is 6.61 Å². The Hall–Kier alpha value is -3.08. The second kappa shape index (κ2) is 8.52. The summed E-state index contributed by atoms with van der Waals surface area (Å²) in [5.41, 5.74) is 2.59. The number of hydrogen-bond donors (Lipinski definition) is 0. The zero-order chi connectivity index (χ0) is 20.2. The van der Waals surface area contributed by atoms with E-state index in [4.69, 9.17) is 32.7 Å². The predicted octanol–water partition coefficient (Wildman–Crippen LogP) is 5.92. The first-order chi connectivity index (χ1) is 14.1. The number of benzene rings is 3. The van der Waals surface area contributed by atoms with E-state index in [0.29, 0.717) is 28.3 Å². The number of ether oxygens (including phenoxy) is 2. The van der Waals surface area contributed by atoms with Crippen molar-refractivity contribution in [1.29, 1.82) is 0 Å². The van der Waals surface area contributed by atoms with Crippen molar-refractivity contribution in [3.05, 3.63) is 105 Å². The number of esters is 1. The molecule has 0 fully saturated rings. The van der Waals surface area contributed by atoms with Crippen molar-refractivity contribution < 1.29 is 14.3 Å². The van der Waals surface area contributed by atoms with E-state index in [0.717, 1.165) is 16.7 Å². The second-order valence-corrected chi connectivity index (χ2v) is 7.14. The largest absolute Gasteiger partial charge is 0.489 e. The van der Waals surface area contributed by atoms with E-state index in [-0.39, 0.29) is 5.70 Å². The molecule has 1 aliphatic rings. The van der Waals surface area contributed by atoms with Crippen LogP contribution in [0.25, 0.3) is 6.08 Å². The van der Waals surface area contributed by atoms with Gasteiger partial charge in [0.2, 0.25) is 5.90 Å². The molecule has 0 radical (unpaired) electrons. The van der Waals surface area contributed by atoms with Crippen LogP contribution in [0.1, 0.15) is 16.7 Å². The fourth-order valence-corrected chi connectivity index (χ4v) is 3.23. The van der Waals surface area contributed by atoms with Crippen molar-refractivity contribution in [3.8, 4) is 5.75 Å². The molecule has 0 N–H and O–H groups in total. The Balaban J connectivity index is 1.51. The summed E-state index contributed by atoms with van der Waals surface area (Å²) < 4.78 is 11.1. The monoisotopic (exact) mass is 423 g/mol. The van der Waals surface area contributed by atoms with Crippen LogP contribution in [0.2, 0.25) is 10.0 Å². The Kier molecular flexibility index (Phi) is 5.65. The molecule has 0 unspecified atom stereocenters. The molecule has 1 aliphatic heterocycles. The van der Waals surface area contributed by atoms with Crippen LogP contribution < -0.4 is 4.74 Å². The highest BCUT2D eigenvalue weighted by Gasteiger charge is 2.23. The number of hydrogen-bond acceptors (Lipinski definition) is 4. The van der Waals surface area contributed by atoms with Crippen molar-refractivity contribution in [1.82, 2.24) is 0 Å². The first kappa shape index (κ1) is 19.2. The molecule has 0 saturated heterocycles. The standard InChI is InChI=1S/C23H15Cl2NO3/c24-18-10-9-17(20(25)13-18)14-28-19-8-4-5-15(11-19)12-21-23(27)29-22(26-21)16-6-2-1-3-7-16/h1-13H,14H2/b21-12+. The average Bonchev–Trinajstić information content (AvgIpc) is 3.09. The van der Waals surface area contributed by atoms with E-state index < -0.39 is 5.97 Å². The predicted molar refractivity (Wildman–Crippen MR) is 114 cm³/mol. The van der Waals surface area contributed by atoms with Crippen LogP contribution in [0.3, 0.4) is 0 Å². The highest BCUT2D eigenvalue weighted by Crippen LogP contribution is 2.24. The van der Waals surface area contributed by atoms with Crippen LogP contribution in [0.15, 0.2) is 83.5 Å². The van der Waals surface area contributed by atoms with Gasteiger partial charge in [-0.3, -0.25) is 0 Å². The third-order valence-electron chi connectivity index (χ3n) is 4.21. The summed E-state index contributed by atoms with van der Waals surface area (Å²) in [5, 5.41) is 1.12. The molecule has 0 aliphatic carbocycles. The average molecular weight is 424 g/mol. The van der Waals surface area contributed by atoms with Gasteiger partial charge in [-0.25, -0.2) is 9.79 Å². The summed E-state index contributed by atoms with van der Waals surface area (Å²) in [4.78, 5) is 16.5. The Morgan fingerprint density at radius 2 is 1.79 bits per heavy atom. The van der Waals surface area contributed by atoms with Gasteiger partial charge in [-0.2, -0.15) is 0 Å². The van der Waals surface area contributed by atoms with E-state index in [1.54, 1.807) is 18.2 Å². The number of aliphatic imine (C=N–C) groups is 1. The minimum Gasteiger partial charge on any atom is -0.489 e. The molecule has 144 valence electrons. The molecule has 4 rings (SSSR count).